The van der Waals surface area contributed by atoms with Crippen LogP contribution in [0.2, 0.25) is 10.0 Å². The van der Waals surface area contributed by atoms with Crippen molar-refractivity contribution in [1.29, 1.82) is 0 Å². The fraction of sp³-hybridized carbons (Fsp3) is 0.235. The standard InChI is InChI=1S/C17H16Cl2N4O/c18-14-4-2-13(12-15(14)19)3-5-16(24)22-8-10-23(11-9-22)17-20-6-1-7-21-17/h1-7,12H,8-11H2. The van der Waals surface area contributed by atoms with Crippen LogP contribution in [0.25, 0.3) is 6.08 Å². The summed E-state index contributed by atoms with van der Waals surface area (Å²) in [6.45, 7) is 2.72. The molecule has 0 saturated carbocycles. The number of amides is 1. The predicted octanol–water partition coefficient (Wildman–Crippen LogP) is 3.15. The number of carbonyl (C=O) groups is 1. The molecule has 1 aliphatic rings. The molecule has 0 atom stereocenters. The van der Waals surface area contributed by atoms with Crippen LogP contribution in [0.15, 0.2) is 42.7 Å². The zero-order valence-corrected chi connectivity index (χ0v) is 14.4. The van der Waals surface area contributed by atoms with E-state index in [0.717, 1.165) is 18.7 Å². The highest BCUT2D eigenvalue weighted by Crippen LogP contribution is 2.23. The number of benzene rings is 1. The van der Waals surface area contributed by atoms with Gasteiger partial charge in [-0.1, -0.05) is 29.3 Å². The van der Waals surface area contributed by atoms with Crippen LogP contribution >= 0.6 is 23.2 Å². The first-order chi connectivity index (χ1) is 11.6. The molecule has 1 saturated heterocycles. The maximum Gasteiger partial charge on any atom is 0.246 e. The number of anilines is 1. The minimum absolute atomic E-state index is 0.0188. The van der Waals surface area contributed by atoms with E-state index in [1.807, 2.05) is 11.0 Å². The summed E-state index contributed by atoms with van der Waals surface area (Å²) in [5, 5.41) is 0.974. The van der Waals surface area contributed by atoms with Crippen LogP contribution in [0.5, 0.6) is 0 Å². The quantitative estimate of drug-likeness (QED) is 0.787. The first-order valence-corrected chi connectivity index (χ1v) is 8.33. The molecule has 1 amide bonds. The Morgan fingerprint density at radius 2 is 1.75 bits per heavy atom. The van der Waals surface area contributed by atoms with Gasteiger partial charge in [0.2, 0.25) is 11.9 Å². The van der Waals surface area contributed by atoms with Gasteiger partial charge in [-0.25, -0.2) is 9.97 Å². The lowest BCUT2D eigenvalue weighted by Crippen LogP contribution is -2.48. The summed E-state index contributed by atoms with van der Waals surface area (Å²) < 4.78 is 0. The topological polar surface area (TPSA) is 49.3 Å². The largest absolute Gasteiger partial charge is 0.337 e. The van der Waals surface area contributed by atoms with Crippen molar-refractivity contribution in [2.75, 3.05) is 31.1 Å². The molecule has 1 aliphatic heterocycles. The van der Waals surface area contributed by atoms with Crippen LogP contribution in [-0.2, 0) is 4.79 Å². The van der Waals surface area contributed by atoms with Crippen molar-refractivity contribution in [3.63, 3.8) is 0 Å². The van der Waals surface area contributed by atoms with E-state index in [9.17, 15) is 4.79 Å². The van der Waals surface area contributed by atoms with Crippen molar-refractivity contribution in [3.8, 4) is 0 Å². The lowest BCUT2D eigenvalue weighted by atomic mass is 10.2. The number of nitrogens with zero attached hydrogens (tertiary/aromatic N) is 4. The molecule has 24 heavy (non-hydrogen) atoms. The van der Waals surface area contributed by atoms with E-state index in [1.165, 1.54) is 0 Å². The van der Waals surface area contributed by atoms with Crippen molar-refractivity contribution in [2.45, 2.75) is 0 Å². The van der Waals surface area contributed by atoms with Crippen molar-refractivity contribution < 1.29 is 4.79 Å². The number of hydrogen-bond donors (Lipinski definition) is 0. The summed E-state index contributed by atoms with van der Waals surface area (Å²) in [5.41, 5.74) is 0.842. The van der Waals surface area contributed by atoms with Crippen molar-refractivity contribution in [1.82, 2.24) is 14.9 Å². The SMILES string of the molecule is O=C(C=Cc1ccc(Cl)c(Cl)c1)N1CCN(c2ncccn2)CC1. The fourth-order valence-corrected chi connectivity index (χ4v) is 2.78. The van der Waals surface area contributed by atoms with Crippen molar-refractivity contribution in [3.05, 3.63) is 58.3 Å². The highest BCUT2D eigenvalue weighted by molar-refractivity contribution is 6.42. The maximum atomic E-state index is 12.3. The average Bonchev–Trinajstić information content (AvgIpc) is 2.63. The van der Waals surface area contributed by atoms with Gasteiger partial charge in [-0.2, -0.15) is 0 Å². The third-order valence-electron chi connectivity index (χ3n) is 3.79. The van der Waals surface area contributed by atoms with E-state index in [2.05, 4.69) is 14.9 Å². The van der Waals surface area contributed by atoms with Gasteiger partial charge in [0.25, 0.3) is 0 Å². The number of hydrogen-bond acceptors (Lipinski definition) is 4. The van der Waals surface area contributed by atoms with Gasteiger partial charge in [-0.05, 0) is 29.8 Å². The molecular formula is C17H16Cl2N4O. The molecule has 0 aliphatic carbocycles. The first kappa shape index (κ1) is 16.7. The smallest absolute Gasteiger partial charge is 0.246 e. The van der Waals surface area contributed by atoms with Crippen molar-refractivity contribution >= 4 is 41.1 Å². The van der Waals surface area contributed by atoms with Crippen LogP contribution in [0.3, 0.4) is 0 Å². The molecule has 0 spiro atoms. The first-order valence-electron chi connectivity index (χ1n) is 7.57. The Kier molecular flexibility index (Phi) is 5.33. The molecule has 1 aromatic heterocycles. The molecule has 1 aromatic carbocycles. The molecule has 5 nitrogen and oxygen atoms in total. The van der Waals surface area contributed by atoms with Gasteiger partial charge in [0.1, 0.15) is 0 Å². The summed E-state index contributed by atoms with van der Waals surface area (Å²) in [6.07, 6.45) is 6.76. The molecule has 7 heteroatoms. The van der Waals surface area contributed by atoms with E-state index in [4.69, 9.17) is 23.2 Å². The minimum atomic E-state index is -0.0188. The van der Waals surface area contributed by atoms with Crippen molar-refractivity contribution in [2.24, 2.45) is 0 Å². The lowest BCUT2D eigenvalue weighted by Gasteiger charge is -2.34. The van der Waals surface area contributed by atoms with Gasteiger partial charge in [0.05, 0.1) is 10.0 Å². The van der Waals surface area contributed by atoms with Gasteiger partial charge < -0.3 is 9.80 Å². The monoisotopic (exact) mass is 362 g/mol. The van der Waals surface area contributed by atoms with Crippen LogP contribution in [0.4, 0.5) is 5.95 Å². The van der Waals surface area contributed by atoms with Gasteiger partial charge in [0, 0.05) is 44.6 Å². The molecular weight excluding hydrogens is 347 g/mol. The number of aromatic nitrogens is 2. The zero-order valence-electron chi connectivity index (χ0n) is 12.9. The molecule has 0 N–H and O–H groups in total. The molecule has 0 bridgehead atoms. The second-order valence-corrected chi connectivity index (χ2v) is 6.18. The van der Waals surface area contributed by atoms with E-state index < -0.39 is 0 Å². The van der Waals surface area contributed by atoms with E-state index >= 15 is 0 Å². The Hall–Kier alpha value is -2.11. The van der Waals surface area contributed by atoms with Crippen LogP contribution < -0.4 is 4.90 Å². The molecule has 1 fully saturated rings. The summed E-state index contributed by atoms with van der Waals surface area (Å²) in [6, 6.07) is 7.06. The third-order valence-corrected chi connectivity index (χ3v) is 4.53. The fourth-order valence-electron chi connectivity index (χ4n) is 2.47. The zero-order chi connectivity index (χ0) is 16.9. The van der Waals surface area contributed by atoms with Gasteiger partial charge >= 0.3 is 0 Å². The number of halogens is 2. The van der Waals surface area contributed by atoms with Crippen LogP contribution in [-0.4, -0.2) is 47.0 Å². The highest BCUT2D eigenvalue weighted by atomic mass is 35.5. The van der Waals surface area contributed by atoms with E-state index in [1.54, 1.807) is 42.7 Å². The van der Waals surface area contributed by atoms with E-state index in [-0.39, 0.29) is 5.91 Å². The Balaban J connectivity index is 1.57. The number of piperazine rings is 1. The predicted molar refractivity (Wildman–Crippen MR) is 96.3 cm³/mol. The van der Waals surface area contributed by atoms with Gasteiger partial charge in [0.15, 0.2) is 0 Å². The van der Waals surface area contributed by atoms with Crippen LogP contribution in [0.1, 0.15) is 5.56 Å². The molecule has 0 unspecified atom stereocenters. The summed E-state index contributed by atoms with van der Waals surface area (Å²) in [4.78, 5) is 24.7. The minimum Gasteiger partial charge on any atom is -0.337 e. The Morgan fingerprint density at radius 1 is 1.04 bits per heavy atom. The molecule has 0 radical (unpaired) electrons. The Morgan fingerprint density at radius 3 is 2.42 bits per heavy atom. The molecule has 2 aromatic rings. The third kappa shape index (κ3) is 4.04. The Bertz CT molecular complexity index is 744. The molecule has 2 heterocycles. The Labute approximate surface area is 150 Å². The van der Waals surface area contributed by atoms with E-state index in [0.29, 0.717) is 29.1 Å². The average molecular weight is 363 g/mol. The normalized spacial score (nSPS) is 15.1. The highest BCUT2D eigenvalue weighted by Gasteiger charge is 2.20. The molecule has 124 valence electrons. The molecule has 3 rings (SSSR count). The lowest BCUT2D eigenvalue weighted by molar-refractivity contribution is -0.126. The van der Waals surface area contributed by atoms with Crippen LogP contribution in [0, 0.1) is 0 Å². The maximum absolute atomic E-state index is 12.3. The second-order valence-electron chi connectivity index (χ2n) is 5.37. The summed E-state index contributed by atoms with van der Waals surface area (Å²) >= 11 is 11.9. The van der Waals surface area contributed by atoms with Gasteiger partial charge in [-0.3, -0.25) is 4.79 Å². The summed E-state index contributed by atoms with van der Waals surface area (Å²) in [5.74, 6) is 0.686. The summed E-state index contributed by atoms with van der Waals surface area (Å²) in [7, 11) is 0. The number of carbonyl (C=O) groups excluding carboxylic acids is 1. The van der Waals surface area contributed by atoms with Gasteiger partial charge in [-0.15, -0.1) is 0 Å². The number of rotatable bonds is 3. The second kappa shape index (κ2) is 7.64.